The molecule has 0 spiro atoms. The summed E-state index contributed by atoms with van der Waals surface area (Å²) in [4.78, 5) is 12.5. The van der Waals surface area contributed by atoms with Gasteiger partial charge in [-0.3, -0.25) is 4.79 Å². The van der Waals surface area contributed by atoms with Gasteiger partial charge in [0, 0.05) is 18.2 Å². The van der Waals surface area contributed by atoms with Gasteiger partial charge in [0.15, 0.2) is 0 Å². The molecule has 2 rings (SSSR count). The molecule has 0 bridgehead atoms. The Balaban J connectivity index is 2.12. The monoisotopic (exact) mass is 420 g/mol. The van der Waals surface area contributed by atoms with Crippen molar-refractivity contribution in [2.24, 2.45) is 0 Å². The first kappa shape index (κ1) is 22.7. The number of hydrogen-bond donors (Lipinski definition) is 2. The molecule has 2 N–H and O–H groups in total. The van der Waals surface area contributed by atoms with Gasteiger partial charge in [0.25, 0.3) is 5.91 Å². The summed E-state index contributed by atoms with van der Waals surface area (Å²) in [7, 11) is -2.20. The van der Waals surface area contributed by atoms with Gasteiger partial charge in [-0.1, -0.05) is 12.1 Å². The standard InChI is InChI=1S/C21H28N2O5S/c1-5-28-19-11-8-17(14-20(19)29(25,26)23-15(2)3)21(24)22-13-12-16-6-9-18(27-4)10-7-16/h6-11,14-15,23H,5,12-13H2,1-4H3,(H,22,24). The van der Waals surface area contributed by atoms with Crippen LogP contribution in [0.1, 0.15) is 36.7 Å². The number of methoxy groups -OCH3 is 1. The predicted octanol–water partition coefficient (Wildman–Crippen LogP) is 2.75. The maximum atomic E-state index is 12.6. The summed E-state index contributed by atoms with van der Waals surface area (Å²) >= 11 is 0. The van der Waals surface area contributed by atoms with Crippen LogP contribution in [0.2, 0.25) is 0 Å². The highest BCUT2D eigenvalue weighted by atomic mass is 32.2. The average Bonchev–Trinajstić information content (AvgIpc) is 2.68. The first-order valence-corrected chi connectivity index (χ1v) is 11.0. The third kappa shape index (κ3) is 6.47. The van der Waals surface area contributed by atoms with E-state index in [4.69, 9.17) is 9.47 Å². The molecule has 8 heteroatoms. The molecule has 0 atom stereocenters. The quantitative estimate of drug-likeness (QED) is 0.616. The zero-order valence-electron chi connectivity index (χ0n) is 17.2. The summed E-state index contributed by atoms with van der Waals surface area (Å²) < 4.78 is 38.3. The fraction of sp³-hybridized carbons (Fsp3) is 0.381. The van der Waals surface area contributed by atoms with Gasteiger partial charge in [-0.15, -0.1) is 0 Å². The van der Waals surface area contributed by atoms with Crippen LogP contribution in [-0.2, 0) is 16.4 Å². The molecule has 29 heavy (non-hydrogen) atoms. The van der Waals surface area contributed by atoms with Crippen molar-refractivity contribution in [2.45, 2.75) is 38.1 Å². The molecule has 0 aliphatic heterocycles. The average molecular weight is 421 g/mol. The minimum atomic E-state index is -3.81. The van der Waals surface area contributed by atoms with Crippen LogP contribution in [0.5, 0.6) is 11.5 Å². The molecule has 0 radical (unpaired) electrons. The lowest BCUT2D eigenvalue weighted by Gasteiger charge is -2.15. The number of ether oxygens (including phenoxy) is 2. The first-order valence-electron chi connectivity index (χ1n) is 9.47. The van der Waals surface area contributed by atoms with Gasteiger partial charge in [-0.05, 0) is 63.1 Å². The molecule has 7 nitrogen and oxygen atoms in total. The van der Waals surface area contributed by atoms with E-state index in [0.29, 0.717) is 19.6 Å². The lowest BCUT2D eigenvalue weighted by molar-refractivity contribution is 0.0954. The van der Waals surface area contributed by atoms with Crippen LogP contribution >= 0.6 is 0 Å². The zero-order valence-corrected chi connectivity index (χ0v) is 18.0. The number of rotatable bonds is 10. The Morgan fingerprint density at radius 1 is 1.10 bits per heavy atom. The second kappa shape index (κ2) is 10.3. The van der Waals surface area contributed by atoms with E-state index in [1.54, 1.807) is 33.9 Å². The Morgan fingerprint density at radius 2 is 1.79 bits per heavy atom. The predicted molar refractivity (Wildman–Crippen MR) is 112 cm³/mol. The van der Waals surface area contributed by atoms with Crippen molar-refractivity contribution in [3.8, 4) is 11.5 Å². The summed E-state index contributed by atoms with van der Waals surface area (Å²) in [6, 6.07) is 11.7. The van der Waals surface area contributed by atoms with Gasteiger partial charge >= 0.3 is 0 Å². The Hall–Kier alpha value is -2.58. The van der Waals surface area contributed by atoms with Crippen LogP contribution in [-0.4, -0.2) is 40.6 Å². The Bertz CT molecular complexity index is 925. The highest BCUT2D eigenvalue weighted by Gasteiger charge is 2.22. The van der Waals surface area contributed by atoms with Gasteiger partial charge in [-0.2, -0.15) is 0 Å². The van der Waals surface area contributed by atoms with E-state index in [-0.39, 0.29) is 28.2 Å². The van der Waals surface area contributed by atoms with E-state index in [0.717, 1.165) is 11.3 Å². The van der Waals surface area contributed by atoms with E-state index in [2.05, 4.69) is 10.0 Å². The molecule has 158 valence electrons. The highest BCUT2D eigenvalue weighted by molar-refractivity contribution is 7.89. The third-order valence-electron chi connectivity index (χ3n) is 4.04. The second-order valence-electron chi connectivity index (χ2n) is 6.72. The van der Waals surface area contributed by atoms with Gasteiger partial charge < -0.3 is 14.8 Å². The maximum absolute atomic E-state index is 12.6. The Labute approximate surface area is 172 Å². The minimum absolute atomic E-state index is 0.0455. The minimum Gasteiger partial charge on any atom is -0.497 e. The van der Waals surface area contributed by atoms with Crippen LogP contribution in [0.15, 0.2) is 47.4 Å². The van der Waals surface area contributed by atoms with Crippen LogP contribution in [0.4, 0.5) is 0 Å². The summed E-state index contributed by atoms with van der Waals surface area (Å²) in [5, 5.41) is 2.82. The number of benzene rings is 2. The summed E-state index contributed by atoms with van der Waals surface area (Å²) in [5.41, 5.74) is 1.31. The molecule has 2 aromatic carbocycles. The summed E-state index contributed by atoms with van der Waals surface area (Å²) in [6.45, 7) is 5.97. The van der Waals surface area contributed by atoms with E-state index in [1.165, 1.54) is 12.1 Å². The molecule has 0 unspecified atom stereocenters. The van der Waals surface area contributed by atoms with Crippen molar-refractivity contribution in [1.82, 2.24) is 10.0 Å². The van der Waals surface area contributed by atoms with Crippen LogP contribution < -0.4 is 19.5 Å². The van der Waals surface area contributed by atoms with Gasteiger partial charge in [0.05, 0.1) is 13.7 Å². The van der Waals surface area contributed by atoms with Crippen molar-refractivity contribution in [1.29, 1.82) is 0 Å². The molecule has 1 amide bonds. The Morgan fingerprint density at radius 3 is 2.38 bits per heavy atom. The normalized spacial score (nSPS) is 11.3. The number of amides is 1. The molecule has 0 aliphatic carbocycles. The number of sulfonamides is 1. The van der Waals surface area contributed by atoms with Crippen molar-refractivity contribution in [2.75, 3.05) is 20.3 Å². The molecule has 0 aromatic heterocycles. The van der Waals surface area contributed by atoms with Crippen molar-refractivity contribution in [3.05, 3.63) is 53.6 Å². The van der Waals surface area contributed by atoms with E-state index in [1.807, 2.05) is 24.3 Å². The zero-order chi connectivity index (χ0) is 21.4. The molecular formula is C21H28N2O5S. The smallest absolute Gasteiger partial charge is 0.251 e. The van der Waals surface area contributed by atoms with Crippen LogP contribution in [0.3, 0.4) is 0 Å². The Kier molecular flexibility index (Phi) is 8.04. The molecule has 2 aromatic rings. The fourth-order valence-electron chi connectivity index (χ4n) is 2.72. The van der Waals surface area contributed by atoms with Gasteiger partial charge in [-0.25, -0.2) is 13.1 Å². The number of carbonyl (C=O) groups excluding carboxylic acids is 1. The summed E-state index contributed by atoms with van der Waals surface area (Å²) in [6.07, 6.45) is 0.646. The molecular weight excluding hydrogens is 392 g/mol. The fourth-order valence-corrected chi connectivity index (χ4v) is 4.14. The van der Waals surface area contributed by atoms with Crippen molar-refractivity contribution >= 4 is 15.9 Å². The SMILES string of the molecule is CCOc1ccc(C(=O)NCCc2ccc(OC)cc2)cc1S(=O)(=O)NC(C)C. The first-order chi connectivity index (χ1) is 13.8. The number of nitrogens with one attached hydrogen (secondary N) is 2. The molecule has 0 saturated carbocycles. The number of carbonyl (C=O) groups is 1. The highest BCUT2D eigenvalue weighted by Crippen LogP contribution is 2.25. The van der Waals surface area contributed by atoms with Crippen molar-refractivity contribution in [3.63, 3.8) is 0 Å². The molecule has 0 heterocycles. The topological polar surface area (TPSA) is 93.7 Å². The van der Waals surface area contributed by atoms with Crippen molar-refractivity contribution < 1.29 is 22.7 Å². The molecule has 0 aliphatic rings. The van der Waals surface area contributed by atoms with Gasteiger partial charge in [0.2, 0.25) is 10.0 Å². The van der Waals surface area contributed by atoms with E-state index < -0.39 is 10.0 Å². The number of hydrogen-bond acceptors (Lipinski definition) is 5. The largest absolute Gasteiger partial charge is 0.497 e. The van der Waals surface area contributed by atoms with Gasteiger partial charge in [0.1, 0.15) is 16.4 Å². The van der Waals surface area contributed by atoms with Crippen LogP contribution in [0, 0.1) is 0 Å². The lowest BCUT2D eigenvalue weighted by Crippen LogP contribution is -2.31. The third-order valence-corrected chi connectivity index (χ3v) is 5.72. The van der Waals surface area contributed by atoms with E-state index >= 15 is 0 Å². The lowest BCUT2D eigenvalue weighted by atomic mass is 10.1. The van der Waals surface area contributed by atoms with Crippen LogP contribution in [0.25, 0.3) is 0 Å². The summed E-state index contributed by atoms with van der Waals surface area (Å²) in [5.74, 6) is 0.647. The maximum Gasteiger partial charge on any atom is 0.251 e. The molecule has 0 saturated heterocycles. The second-order valence-corrected chi connectivity index (χ2v) is 8.41. The molecule has 0 fully saturated rings. The van der Waals surface area contributed by atoms with E-state index in [9.17, 15) is 13.2 Å².